The molecule has 1 rings (SSSR count). The van der Waals surface area contributed by atoms with Crippen molar-refractivity contribution in [2.75, 3.05) is 0 Å². The number of hydrogen-bond acceptors (Lipinski definition) is 3. The minimum absolute atomic E-state index is 0.111. The Morgan fingerprint density at radius 2 is 2.12 bits per heavy atom. The number of carboxylic acids is 1. The van der Waals surface area contributed by atoms with Crippen molar-refractivity contribution in [2.24, 2.45) is 17.6 Å². The Kier molecular flexibility index (Phi) is 4.93. The van der Waals surface area contributed by atoms with Gasteiger partial charge in [0.2, 0.25) is 5.91 Å². The van der Waals surface area contributed by atoms with E-state index >= 15 is 0 Å². The second-order valence-corrected chi connectivity index (χ2v) is 4.90. The molecule has 17 heavy (non-hydrogen) atoms. The molecule has 98 valence electrons. The Bertz CT molecular complexity index is 293. The molecule has 0 spiro atoms. The highest BCUT2D eigenvalue weighted by Gasteiger charge is 2.35. The standard InChI is InChI=1S/C12H22N2O3/c1-3-7(2)10(13)11(15)14-9-6-4-5-8(9)12(16)17/h7-10H,3-6,13H2,1-2H3,(H,14,15)(H,16,17)/t7-,8?,9?,10-/m0/s1. The van der Waals surface area contributed by atoms with Crippen LogP contribution in [0.25, 0.3) is 0 Å². The van der Waals surface area contributed by atoms with Gasteiger partial charge in [-0.15, -0.1) is 0 Å². The average Bonchev–Trinajstić information content (AvgIpc) is 2.75. The Balaban J connectivity index is 2.53. The number of nitrogens with one attached hydrogen (secondary N) is 1. The monoisotopic (exact) mass is 242 g/mol. The molecule has 4 atom stereocenters. The molecular weight excluding hydrogens is 220 g/mol. The topological polar surface area (TPSA) is 92.4 Å². The third-order valence-corrected chi connectivity index (χ3v) is 3.72. The summed E-state index contributed by atoms with van der Waals surface area (Å²) in [6.45, 7) is 3.90. The lowest BCUT2D eigenvalue weighted by Crippen LogP contribution is -2.50. The summed E-state index contributed by atoms with van der Waals surface area (Å²) in [6, 6.07) is -0.801. The minimum atomic E-state index is -0.829. The Morgan fingerprint density at radius 3 is 2.65 bits per heavy atom. The molecule has 0 bridgehead atoms. The third-order valence-electron chi connectivity index (χ3n) is 3.72. The quantitative estimate of drug-likeness (QED) is 0.662. The second kappa shape index (κ2) is 6.00. The first-order valence-electron chi connectivity index (χ1n) is 6.26. The van der Waals surface area contributed by atoms with Gasteiger partial charge in [-0.1, -0.05) is 26.7 Å². The van der Waals surface area contributed by atoms with Gasteiger partial charge in [-0.25, -0.2) is 0 Å². The van der Waals surface area contributed by atoms with Gasteiger partial charge in [0.15, 0.2) is 0 Å². The van der Waals surface area contributed by atoms with E-state index in [2.05, 4.69) is 5.32 Å². The van der Waals surface area contributed by atoms with Crippen molar-refractivity contribution in [2.45, 2.75) is 51.6 Å². The molecule has 0 aromatic heterocycles. The SMILES string of the molecule is CC[C@H](C)[C@H](N)C(=O)NC1CCCC1C(=O)O. The summed E-state index contributed by atoms with van der Waals surface area (Å²) in [4.78, 5) is 22.8. The second-order valence-electron chi connectivity index (χ2n) is 4.90. The van der Waals surface area contributed by atoms with Crippen LogP contribution < -0.4 is 11.1 Å². The molecule has 5 heteroatoms. The van der Waals surface area contributed by atoms with Crippen LogP contribution in [0, 0.1) is 11.8 Å². The largest absolute Gasteiger partial charge is 0.481 e. The molecule has 1 fully saturated rings. The Hall–Kier alpha value is -1.10. The minimum Gasteiger partial charge on any atom is -0.481 e. The van der Waals surface area contributed by atoms with Crippen LogP contribution in [0.3, 0.4) is 0 Å². The van der Waals surface area contributed by atoms with Crippen LogP contribution in [0.15, 0.2) is 0 Å². The smallest absolute Gasteiger partial charge is 0.308 e. The highest BCUT2D eigenvalue weighted by atomic mass is 16.4. The first-order chi connectivity index (χ1) is 7.97. The van der Waals surface area contributed by atoms with Crippen molar-refractivity contribution in [3.8, 4) is 0 Å². The zero-order valence-electron chi connectivity index (χ0n) is 10.5. The summed E-state index contributed by atoms with van der Waals surface area (Å²) in [5.41, 5.74) is 5.81. The zero-order chi connectivity index (χ0) is 13.0. The molecule has 0 aromatic rings. The fourth-order valence-electron chi connectivity index (χ4n) is 2.22. The normalized spacial score (nSPS) is 27.5. The summed E-state index contributed by atoms with van der Waals surface area (Å²) < 4.78 is 0. The zero-order valence-corrected chi connectivity index (χ0v) is 10.5. The van der Waals surface area contributed by atoms with E-state index in [1.54, 1.807) is 0 Å². The number of aliphatic carboxylic acids is 1. The van der Waals surface area contributed by atoms with E-state index in [1.165, 1.54) is 0 Å². The van der Waals surface area contributed by atoms with Crippen molar-refractivity contribution in [3.05, 3.63) is 0 Å². The number of carboxylic acid groups (broad SMARTS) is 1. The number of amides is 1. The summed E-state index contributed by atoms with van der Waals surface area (Å²) in [5.74, 6) is -1.40. The fourth-order valence-corrected chi connectivity index (χ4v) is 2.22. The number of hydrogen-bond donors (Lipinski definition) is 3. The van der Waals surface area contributed by atoms with Crippen molar-refractivity contribution in [1.82, 2.24) is 5.32 Å². The lowest BCUT2D eigenvalue weighted by atomic mass is 9.98. The Morgan fingerprint density at radius 1 is 1.47 bits per heavy atom. The summed E-state index contributed by atoms with van der Waals surface area (Å²) in [7, 11) is 0. The van der Waals surface area contributed by atoms with Gasteiger partial charge < -0.3 is 16.2 Å². The maximum Gasteiger partial charge on any atom is 0.308 e. The van der Waals surface area contributed by atoms with E-state index in [0.717, 1.165) is 19.3 Å². The fraction of sp³-hybridized carbons (Fsp3) is 0.833. The van der Waals surface area contributed by atoms with Crippen molar-refractivity contribution < 1.29 is 14.7 Å². The van der Waals surface area contributed by atoms with Crippen molar-refractivity contribution >= 4 is 11.9 Å². The van der Waals surface area contributed by atoms with Gasteiger partial charge in [0.05, 0.1) is 12.0 Å². The third kappa shape index (κ3) is 3.43. The molecule has 0 saturated heterocycles. The van der Waals surface area contributed by atoms with Crippen LogP contribution in [0.4, 0.5) is 0 Å². The first kappa shape index (κ1) is 14.0. The van der Waals surface area contributed by atoms with Crippen molar-refractivity contribution in [1.29, 1.82) is 0 Å². The molecule has 4 N–H and O–H groups in total. The van der Waals surface area contributed by atoms with Gasteiger partial charge in [0.25, 0.3) is 0 Å². The molecule has 5 nitrogen and oxygen atoms in total. The van der Waals surface area contributed by atoms with Gasteiger partial charge in [-0.05, 0) is 18.8 Å². The molecule has 1 saturated carbocycles. The number of rotatable bonds is 5. The van der Waals surface area contributed by atoms with Crippen LogP contribution in [0.5, 0.6) is 0 Å². The van der Waals surface area contributed by atoms with Crippen LogP contribution in [-0.2, 0) is 9.59 Å². The van der Waals surface area contributed by atoms with E-state index in [0.29, 0.717) is 6.42 Å². The highest BCUT2D eigenvalue weighted by Crippen LogP contribution is 2.26. The molecule has 2 unspecified atom stereocenters. The van der Waals surface area contributed by atoms with Crippen LogP contribution >= 0.6 is 0 Å². The lowest BCUT2D eigenvalue weighted by Gasteiger charge is -2.22. The van der Waals surface area contributed by atoms with Crippen LogP contribution in [0.1, 0.15) is 39.5 Å². The van der Waals surface area contributed by atoms with Gasteiger partial charge in [-0.2, -0.15) is 0 Å². The average molecular weight is 242 g/mol. The molecular formula is C12H22N2O3. The van der Waals surface area contributed by atoms with Crippen LogP contribution in [0.2, 0.25) is 0 Å². The maximum atomic E-state index is 11.8. The Labute approximate surface area is 102 Å². The molecule has 0 aromatic carbocycles. The number of carbonyl (C=O) groups is 2. The predicted octanol–water partition coefficient (Wildman–Crippen LogP) is 0.729. The summed E-state index contributed by atoms with van der Waals surface area (Å²) in [6.07, 6.45) is 3.05. The van der Waals surface area contributed by atoms with Gasteiger partial charge >= 0.3 is 5.97 Å². The van der Waals surface area contributed by atoms with E-state index in [1.807, 2.05) is 13.8 Å². The van der Waals surface area contributed by atoms with Gasteiger partial charge in [0.1, 0.15) is 0 Å². The molecule has 0 aliphatic heterocycles. The van der Waals surface area contributed by atoms with Crippen LogP contribution in [-0.4, -0.2) is 29.1 Å². The summed E-state index contributed by atoms with van der Waals surface area (Å²) in [5, 5.41) is 11.8. The molecule has 0 heterocycles. The molecule has 1 amide bonds. The van der Waals surface area contributed by atoms with E-state index in [4.69, 9.17) is 10.8 Å². The lowest BCUT2D eigenvalue weighted by molar-refractivity contribution is -0.142. The van der Waals surface area contributed by atoms with E-state index in [9.17, 15) is 9.59 Å². The first-order valence-corrected chi connectivity index (χ1v) is 6.26. The number of carbonyl (C=O) groups excluding carboxylic acids is 1. The highest BCUT2D eigenvalue weighted by molar-refractivity contribution is 5.83. The van der Waals surface area contributed by atoms with Crippen molar-refractivity contribution in [3.63, 3.8) is 0 Å². The predicted molar refractivity (Wildman–Crippen MR) is 64.3 cm³/mol. The number of nitrogens with two attached hydrogens (primary N) is 1. The van der Waals surface area contributed by atoms with E-state index in [-0.39, 0.29) is 17.9 Å². The summed E-state index contributed by atoms with van der Waals surface area (Å²) >= 11 is 0. The van der Waals surface area contributed by atoms with Gasteiger partial charge in [0, 0.05) is 6.04 Å². The molecule has 1 aliphatic rings. The molecule has 0 radical (unpaired) electrons. The molecule has 1 aliphatic carbocycles. The van der Waals surface area contributed by atoms with Gasteiger partial charge in [-0.3, -0.25) is 9.59 Å². The maximum absolute atomic E-state index is 11.8. The van der Waals surface area contributed by atoms with E-state index < -0.39 is 17.9 Å².